The highest BCUT2D eigenvalue weighted by atomic mass is 35.5. The Bertz CT molecular complexity index is 669. The normalized spacial score (nSPS) is 24.2. The van der Waals surface area contributed by atoms with E-state index in [1.54, 1.807) is 6.33 Å². The van der Waals surface area contributed by atoms with Gasteiger partial charge in [-0.2, -0.15) is 9.97 Å². The zero-order valence-corrected chi connectivity index (χ0v) is 13.0. The second kappa shape index (κ2) is 5.10. The first-order chi connectivity index (χ1) is 9.95. The molecule has 7 heteroatoms. The Hall–Kier alpha value is -1.40. The summed E-state index contributed by atoms with van der Waals surface area (Å²) in [6, 6.07) is 0.316. The van der Waals surface area contributed by atoms with Crippen molar-refractivity contribution >= 4 is 28.7 Å². The van der Waals surface area contributed by atoms with Crippen LogP contribution in [0.5, 0.6) is 0 Å². The maximum atomic E-state index is 9.00. The Labute approximate surface area is 128 Å². The van der Waals surface area contributed by atoms with Crippen LogP contribution in [0.15, 0.2) is 6.33 Å². The van der Waals surface area contributed by atoms with E-state index in [0.717, 1.165) is 19.3 Å². The zero-order chi connectivity index (χ0) is 15.2. The van der Waals surface area contributed by atoms with Gasteiger partial charge in [0.2, 0.25) is 5.95 Å². The van der Waals surface area contributed by atoms with Gasteiger partial charge in [0.1, 0.15) is 5.52 Å². The average Bonchev–Trinajstić information content (AvgIpc) is 2.81. The number of rotatable bonds is 4. The highest BCUT2D eigenvalue weighted by Gasteiger charge is 2.48. The molecule has 1 saturated carbocycles. The lowest BCUT2D eigenvalue weighted by Crippen LogP contribution is -2.45. The molecule has 1 aliphatic rings. The molecule has 0 bridgehead atoms. The highest BCUT2D eigenvalue weighted by Crippen LogP contribution is 2.56. The van der Waals surface area contributed by atoms with E-state index in [9.17, 15) is 0 Å². The molecule has 0 radical (unpaired) electrons. The van der Waals surface area contributed by atoms with E-state index in [2.05, 4.69) is 33.4 Å². The third-order valence-electron chi connectivity index (χ3n) is 4.86. The van der Waals surface area contributed by atoms with Crippen molar-refractivity contribution in [1.29, 1.82) is 0 Å². The van der Waals surface area contributed by atoms with Gasteiger partial charge in [0.15, 0.2) is 10.8 Å². The minimum absolute atomic E-state index is 0.134. The Morgan fingerprint density at radius 1 is 1.48 bits per heavy atom. The van der Waals surface area contributed by atoms with Crippen molar-refractivity contribution in [2.24, 2.45) is 11.3 Å². The predicted octanol–water partition coefficient (Wildman–Crippen LogP) is 2.42. The molecule has 3 rings (SSSR count). The Balaban J connectivity index is 1.92. The van der Waals surface area contributed by atoms with Gasteiger partial charge in [0, 0.05) is 12.6 Å². The molecular weight excluding hydrogens is 290 g/mol. The zero-order valence-electron chi connectivity index (χ0n) is 12.3. The monoisotopic (exact) mass is 309 g/mol. The summed E-state index contributed by atoms with van der Waals surface area (Å²) in [5, 5.41) is 9.29. The van der Waals surface area contributed by atoms with Gasteiger partial charge in [0.25, 0.3) is 0 Å². The van der Waals surface area contributed by atoms with Crippen LogP contribution in [0.1, 0.15) is 39.2 Å². The lowest BCUT2D eigenvalue weighted by molar-refractivity contribution is -0.0162. The van der Waals surface area contributed by atoms with Gasteiger partial charge in [-0.15, -0.1) is 0 Å². The molecule has 0 amide bonds. The smallest absolute Gasteiger partial charge is 0.223 e. The largest absolute Gasteiger partial charge is 0.396 e. The summed E-state index contributed by atoms with van der Waals surface area (Å²) in [6.45, 7) is 4.76. The van der Waals surface area contributed by atoms with Gasteiger partial charge < -0.3 is 15.4 Å². The molecule has 1 aliphatic carbocycles. The number of aliphatic hydroxyl groups is 1. The predicted molar refractivity (Wildman–Crippen MR) is 82.0 cm³/mol. The van der Waals surface area contributed by atoms with Crippen molar-refractivity contribution in [3.8, 4) is 0 Å². The van der Waals surface area contributed by atoms with Crippen molar-refractivity contribution in [2.75, 3.05) is 12.3 Å². The van der Waals surface area contributed by atoms with Gasteiger partial charge in [-0.25, -0.2) is 4.98 Å². The SMILES string of the molecule is CC1(C)C(CCCO)C[C@H]1n1cnc2c(Cl)nc(N)nc21. The summed E-state index contributed by atoms with van der Waals surface area (Å²) in [6.07, 6.45) is 4.73. The molecule has 1 unspecified atom stereocenters. The fourth-order valence-electron chi connectivity index (χ4n) is 3.41. The molecule has 3 N–H and O–H groups in total. The maximum absolute atomic E-state index is 9.00. The number of imidazole rings is 1. The van der Waals surface area contributed by atoms with Gasteiger partial charge in [-0.1, -0.05) is 25.4 Å². The topological polar surface area (TPSA) is 89.8 Å². The Morgan fingerprint density at radius 2 is 2.24 bits per heavy atom. The fraction of sp³-hybridized carbons (Fsp3) is 0.643. The molecule has 2 heterocycles. The van der Waals surface area contributed by atoms with Gasteiger partial charge in [-0.3, -0.25) is 0 Å². The van der Waals surface area contributed by atoms with Crippen molar-refractivity contribution in [3.63, 3.8) is 0 Å². The number of fused-ring (bicyclic) bond motifs is 1. The van der Waals surface area contributed by atoms with Crippen LogP contribution in [0.25, 0.3) is 11.2 Å². The third kappa shape index (κ3) is 2.26. The molecule has 21 heavy (non-hydrogen) atoms. The van der Waals surface area contributed by atoms with Crippen LogP contribution in [0, 0.1) is 11.3 Å². The summed E-state index contributed by atoms with van der Waals surface area (Å²) in [4.78, 5) is 12.6. The number of hydrogen-bond acceptors (Lipinski definition) is 5. The number of nitrogens with two attached hydrogens (primary N) is 1. The van der Waals surface area contributed by atoms with Crippen LogP contribution in [0.2, 0.25) is 5.15 Å². The van der Waals surface area contributed by atoms with Crippen LogP contribution in [-0.4, -0.2) is 31.2 Å². The fourth-order valence-corrected chi connectivity index (χ4v) is 3.63. The van der Waals surface area contributed by atoms with Gasteiger partial charge >= 0.3 is 0 Å². The summed E-state index contributed by atoms with van der Waals surface area (Å²) >= 11 is 6.08. The van der Waals surface area contributed by atoms with E-state index in [1.165, 1.54) is 0 Å². The molecule has 0 spiro atoms. The van der Waals surface area contributed by atoms with Gasteiger partial charge in [0.05, 0.1) is 6.33 Å². The molecule has 1 fully saturated rings. The average molecular weight is 310 g/mol. The van der Waals surface area contributed by atoms with Crippen molar-refractivity contribution in [1.82, 2.24) is 19.5 Å². The number of hydrogen-bond donors (Lipinski definition) is 2. The lowest BCUT2D eigenvalue weighted by atomic mass is 9.57. The van der Waals surface area contributed by atoms with Crippen LogP contribution in [0.3, 0.4) is 0 Å². The van der Waals surface area contributed by atoms with E-state index in [0.29, 0.717) is 28.3 Å². The molecular formula is C14H20ClN5O. The highest BCUT2D eigenvalue weighted by molar-refractivity contribution is 6.33. The number of anilines is 1. The summed E-state index contributed by atoms with van der Waals surface area (Å²) in [5.74, 6) is 0.768. The Morgan fingerprint density at radius 3 is 2.90 bits per heavy atom. The van der Waals surface area contributed by atoms with Crippen molar-refractivity contribution < 1.29 is 5.11 Å². The maximum Gasteiger partial charge on any atom is 0.223 e. The quantitative estimate of drug-likeness (QED) is 0.847. The van der Waals surface area contributed by atoms with Crippen LogP contribution < -0.4 is 5.73 Å². The van der Waals surface area contributed by atoms with Crippen molar-refractivity contribution in [2.45, 2.75) is 39.2 Å². The van der Waals surface area contributed by atoms with Crippen LogP contribution in [0.4, 0.5) is 5.95 Å². The minimum Gasteiger partial charge on any atom is -0.396 e. The first-order valence-corrected chi connectivity index (χ1v) is 7.59. The third-order valence-corrected chi connectivity index (χ3v) is 5.12. The second-order valence-electron chi connectivity index (χ2n) is 6.33. The van der Waals surface area contributed by atoms with Crippen LogP contribution >= 0.6 is 11.6 Å². The first-order valence-electron chi connectivity index (χ1n) is 7.21. The molecule has 6 nitrogen and oxygen atoms in total. The van der Waals surface area contributed by atoms with Gasteiger partial charge in [-0.05, 0) is 30.6 Å². The molecule has 0 aromatic carbocycles. The molecule has 2 aromatic heterocycles. The van der Waals surface area contributed by atoms with E-state index in [1.807, 2.05) is 0 Å². The molecule has 0 saturated heterocycles. The van der Waals surface area contributed by atoms with Crippen LogP contribution in [-0.2, 0) is 0 Å². The van der Waals surface area contributed by atoms with Crippen molar-refractivity contribution in [3.05, 3.63) is 11.5 Å². The minimum atomic E-state index is 0.134. The van der Waals surface area contributed by atoms with E-state index in [4.69, 9.17) is 22.4 Å². The number of nitrogens with zero attached hydrogens (tertiary/aromatic N) is 4. The lowest BCUT2D eigenvalue weighted by Gasteiger charge is -2.53. The molecule has 114 valence electrons. The standard InChI is InChI=1S/C14H20ClN5O/c1-14(2)8(4-3-5-21)6-9(14)20-7-17-10-11(15)18-13(16)19-12(10)20/h7-9,21H,3-6H2,1-2H3,(H2,16,18,19)/t8?,9-/m1/s1. The van der Waals surface area contributed by atoms with E-state index >= 15 is 0 Å². The number of halogens is 1. The molecule has 2 atom stereocenters. The number of aliphatic hydroxyl groups excluding tert-OH is 1. The number of aromatic nitrogens is 4. The summed E-state index contributed by atoms with van der Waals surface area (Å²) in [5.41, 5.74) is 7.13. The Kier molecular flexibility index (Phi) is 3.53. The van der Waals surface area contributed by atoms with E-state index < -0.39 is 0 Å². The molecule has 0 aliphatic heterocycles. The number of nitrogen functional groups attached to an aromatic ring is 1. The summed E-state index contributed by atoms with van der Waals surface area (Å²) in [7, 11) is 0. The van der Waals surface area contributed by atoms with E-state index in [-0.39, 0.29) is 18.0 Å². The second-order valence-corrected chi connectivity index (χ2v) is 6.69. The summed E-state index contributed by atoms with van der Waals surface area (Å²) < 4.78 is 2.06. The molecule has 2 aromatic rings. The first kappa shape index (κ1) is 14.5.